The SMILES string of the molecule is O=C(Nc1ccccc1NC(=O)c1ccc[nH]1)C1=CC=CC1. The van der Waals surface area contributed by atoms with Crippen LogP contribution >= 0.6 is 0 Å². The van der Waals surface area contributed by atoms with E-state index < -0.39 is 0 Å². The molecule has 0 spiro atoms. The lowest BCUT2D eigenvalue weighted by molar-refractivity contribution is -0.112. The van der Waals surface area contributed by atoms with Crippen LogP contribution < -0.4 is 10.6 Å². The van der Waals surface area contributed by atoms with Crippen LogP contribution in [0.4, 0.5) is 11.4 Å². The summed E-state index contributed by atoms with van der Waals surface area (Å²) in [5.74, 6) is -0.417. The molecule has 1 aliphatic carbocycles. The fraction of sp³-hybridized carbons (Fsp3) is 0.0588. The molecule has 0 atom stereocenters. The van der Waals surface area contributed by atoms with Crippen LogP contribution in [0.1, 0.15) is 16.9 Å². The molecule has 0 unspecified atom stereocenters. The highest BCUT2D eigenvalue weighted by molar-refractivity contribution is 6.09. The minimum absolute atomic E-state index is 0.161. The molecule has 5 heteroatoms. The molecule has 0 saturated carbocycles. The van der Waals surface area contributed by atoms with E-state index in [1.54, 1.807) is 48.7 Å². The first-order valence-corrected chi connectivity index (χ1v) is 6.95. The smallest absolute Gasteiger partial charge is 0.272 e. The molecule has 0 saturated heterocycles. The molecular weight excluding hydrogens is 278 g/mol. The van der Waals surface area contributed by atoms with Crippen LogP contribution in [0.15, 0.2) is 66.4 Å². The lowest BCUT2D eigenvalue weighted by atomic mass is 10.2. The van der Waals surface area contributed by atoms with Gasteiger partial charge in [-0.15, -0.1) is 0 Å². The fourth-order valence-corrected chi connectivity index (χ4v) is 2.18. The van der Waals surface area contributed by atoms with Gasteiger partial charge in [-0.25, -0.2) is 0 Å². The average molecular weight is 293 g/mol. The number of allylic oxidation sites excluding steroid dienone is 3. The van der Waals surface area contributed by atoms with Crippen LogP contribution in [0.25, 0.3) is 0 Å². The largest absolute Gasteiger partial charge is 0.357 e. The summed E-state index contributed by atoms with van der Waals surface area (Å²) in [6.07, 6.45) is 7.88. The Labute approximate surface area is 127 Å². The van der Waals surface area contributed by atoms with Gasteiger partial charge >= 0.3 is 0 Å². The van der Waals surface area contributed by atoms with E-state index in [1.807, 2.05) is 12.2 Å². The van der Waals surface area contributed by atoms with Crippen molar-refractivity contribution in [3.8, 4) is 0 Å². The van der Waals surface area contributed by atoms with Gasteiger partial charge < -0.3 is 15.6 Å². The molecule has 3 N–H and O–H groups in total. The summed E-state index contributed by atoms with van der Waals surface area (Å²) in [5.41, 5.74) is 2.29. The second-order valence-corrected chi connectivity index (χ2v) is 4.86. The van der Waals surface area contributed by atoms with E-state index in [9.17, 15) is 9.59 Å². The van der Waals surface area contributed by atoms with Crippen LogP contribution in [0.2, 0.25) is 0 Å². The number of hydrogen-bond donors (Lipinski definition) is 3. The molecule has 1 aromatic heterocycles. The maximum absolute atomic E-state index is 12.1. The molecule has 2 aromatic rings. The zero-order valence-corrected chi connectivity index (χ0v) is 11.8. The number of nitrogens with one attached hydrogen (secondary N) is 3. The van der Waals surface area contributed by atoms with Crippen molar-refractivity contribution in [1.29, 1.82) is 0 Å². The summed E-state index contributed by atoms with van der Waals surface area (Å²) < 4.78 is 0. The Morgan fingerprint density at radius 2 is 1.68 bits per heavy atom. The number of aromatic amines is 1. The number of H-pyrrole nitrogens is 1. The van der Waals surface area contributed by atoms with Crippen LogP contribution in [0, 0.1) is 0 Å². The van der Waals surface area contributed by atoms with Gasteiger partial charge in [0.15, 0.2) is 0 Å². The minimum atomic E-state index is -0.256. The van der Waals surface area contributed by atoms with Crippen molar-refractivity contribution in [3.05, 3.63) is 72.1 Å². The molecule has 0 radical (unpaired) electrons. The predicted molar refractivity (Wildman–Crippen MR) is 85.7 cm³/mol. The summed E-state index contributed by atoms with van der Waals surface area (Å²) in [5, 5.41) is 5.62. The van der Waals surface area contributed by atoms with Crippen molar-refractivity contribution in [1.82, 2.24) is 4.98 Å². The summed E-state index contributed by atoms with van der Waals surface area (Å²) in [6, 6.07) is 10.5. The Bertz CT molecular complexity index is 758. The topological polar surface area (TPSA) is 74.0 Å². The molecule has 110 valence electrons. The molecule has 1 aliphatic rings. The first-order valence-electron chi connectivity index (χ1n) is 6.95. The van der Waals surface area contributed by atoms with Gasteiger partial charge in [-0.05, 0) is 30.7 Å². The molecule has 0 aliphatic heterocycles. The maximum Gasteiger partial charge on any atom is 0.272 e. The highest BCUT2D eigenvalue weighted by Crippen LogP contribution is 2.23. The van der Waals surface area contributed by atoms with Crippen molar-refractivity contribution in [2.75, 3.05) is 10.6 Å². The van der Waals surface area contributed by atoms with Gasteiger partial charge in [-0.1, -0.05) is 30.4 Å². The molecule has 22 heavy (non-hydrogen) atoms. The van der Waals surface area contributed by atoms with E-state index in [4.69, 9.17) is 0 Å². The highest BCUT2D eigenvalue weighted by Gasteiger charge is 2.14. The summed E-state index contributed by atoms with van der Waals surface area (Å²) in [4.78, 5) is 27.1. The van der Waals surface area contributed by atoms with Crippen molar-refractivity contribution < 1.29 is 9.59 Å². The first-order chi connectivity index (χ1) is 10.7. The summed E-state index contributed by atoms with van der Waals surface area (Å²) in [7, 11) is 0. The first kappa shape index (κ1) is 13.9. The Morgan fingerprint density at radius 1 is 0.955 bits per heavy atom. The molecular formula is C17H15N3O2. The van der Waals surface area contributed by atoms with Gasteiger partial charge in [0.2, 0.25) is 0 Å². The number of benzene rings is 1. The Hall–Kier alpha value is -3.08. The molecule has 1 heterocycles. The van der Waals surface area contributed by atoms with Crippen LogP contribution in [-0.4, -0.2) is 16.8 Å². The third-order valence-corrected chi connectivity index (χ3v) is 3.33. The van der Waals surface area contributed by atoms with E-state index in [0.29, 0.717) is 29.1 Å². The number of anilines is 2. The number of hydrogen-bond acceptors (Lipinski definition) is 2. The minimum Gasteiger partial charge on any atom is -0.357 e. The summed E-state index contributed by atoms with van der Waals surface area (Å²) in [6.45, 7) is 0. The van der Waals surface area contributed by atoms with Crippen LogP contribution in [0.5, 0.6) is 0 Å². The number of rotatable bonds is 4. The Morgan fingerprint density at radius 3 is 2.27 bits per heavy atom. The Kier molecular flexibility index (Phi) is 3.87. The lowest BCUT2D eigenvalue weighted by Crippen LogP contribution is -2.17. The Balaban J connectivity index is 1.75. The average Bonchev–Trinajstić information content (AvgIpc) is 3.23. The van der Waals surface area contributed by atoms with E-state index in [0.717, 1.165) is 0 Å². The molecule has 2 amide bonds. The lowest BCUT2D eigenvalue weighted by Gasteiger charge is -2.12. The van der Waals surface area contributed by atoms with Gasteiger partial charge in [0.25, 0.3) is 11.8 Å². The van der Waals surface area contributed by atoms with E-state index in [1.165, 1.54) is 0 Å². The van der Waals surface area contributed by atoms with Gasteiger partial charge in [-0.3, -0.25) is 9.59 Å². The highest BCUT2D eigenvalue weighted by atomic mass is 16.2. The molecule has 3 rings (SSSR count). The molecule has 1 aromatic carbocycles. The van der Waals surface area contributed by atoms with Gasteiger partial charge in [0.1, 0.15) is 5.69 Å². The predicted octanol–water partition coefficient (Wildman–Crippen LogP) is 3.09. The second kappa shape index (κ2) is 6.13. The number of carbonyl (C=O) groups is 2. The molecule has 0 bridgehead atoms. The van der Waals surface area contributed by atoms with Crippen molar-refractivity contribution in [3.63, 3.8) is 0 Å². The number of amides is 2. The van der Waals surface area contributed by atoms with E-state index >= 15 is 0 Å². The number of aromatic nitrogens is 1. The van der Waals surface area contributed by atoms with Gasteiger partial charge in [0.05, 0.1) is 11.4 Å². The third-order valence-electron chi connectivity index (χ3n) is 3.33. The standard InChI is InChI=1S/C17H15N3O2/c21-16(12-6-1-2-7-12)19-13-8-3-4-9-14(13)20-17(22)15-10-5-11-18-15/h1-6,8-11,18H,7H2,(H,19,21)(H,20,22). The monoisotopic (exact) mass is 293 g/mol. The van der Waals surface area contributed by atoms with E-state index in [2.05, 4.69) is 15.6 Å². The zero-order valence-electron chi connectivity index (χ0n) is 11.8. The van der Waals surface area contributed by atoms with Crippen LogP contribution in [0.3, 0.4) is 0 Å². The maximum atomic E-state index is 12.1. The van der Waals surface area contributed by atoms with Crippen LogP contribution in [-0.2, 0) is 4.79 Å². The van der Waals surface area contributed by atoms with Crippen molar-refractivity contribution in [2.24, 2.45) is 0 Å². The van der Waals surface area contributed by atoms with Crippen molar-refractivity contribution >= 4 is 23.2 Å². The van der Waals surface area contributed by atoms with Gasteiger partial charge in [0, 0.05) is 11.8 Å². The third kappa shape index (κ3) is 2.98. The van der Waals surface area contributed by atoms with E-state index in [-0.39, 0.29) is 11.8 Å². The quantitative estimate of drug-likeness (QED) is 0.810. The van der Waals surface area contributed by atoms with Crippen molar-refractivity contribution in [2.45, 2.75) is 6.42 Å². The second-order valence-electron chi connectivity index (χ2n) is 4.86. The fourth-order valence-electron chi connectivity index (χ4n) is 2.18. The molecule has 0 fully saturated rings. The summed E-state index contributed by atoms with van der Waals surface area (Å²) >= 11 is 0. The van der Waals surface area contributed by atoms with Gasteiger partial charge in [-0.2, -0.15) is 0 Å². The number of carbonyl (C=O) groups excluding carboxylic acids is 2. The molecule has 5 nitrogen and oxygen atoms in total. The number of para-hydroxylation sites is 2. The normalized spacial score (nSPS) is 12.8. The zero-order chi connectivity index (χ0) is 15.4.